The fraction of sp³-hybridized carbons (Fsp3) is 0.500. The van der Waals surface area contributed by atoms with E-state index in [0.717, 1.165) is 51.6 Å². The molecule has 6 heteroatoms. The minimum absolute atomic E-state index is 0.218. The highest BCUT2D eigenvalue weighted by molar-refractivity contribution is 5.32. The van der Waals surface area contributed by atoms with E-state index >= 15 is 0 Å². The summed E-state index contributed by atoms with van der Waals surface area (Å²) in [5, 5.41) is 10.5. The quantitative estimate of drug-likeness (QED) is 0.898. The van der Waals surface area contributed by atoms with E-state index in [9.17, 15) is 5.11 Å². The molecule has 2 aromatic heterocycles. The van der Waals surface area contributed by atoms with Gasteiger partial charge in [0.2, 0.25) is 0 Å². The van der Waals surface area contributed by atoms with Gasteiger partial charge in [-0.1, -0.05) is 0 Å². The summed E-state index contributed by atoms with van der Waals surface area (Å²) in [5.74, 6) is 0. The standard InChI is InChI=1S/C18H24N4O2/c23-18-14-20(13-17(18)21-7-9-24-10-8-21)12-16-4-2-6-22(16)15-3-1-5-19-11-15/h1-6,11,17-18,23H,7-10,12-14H2/t17-,18-/m0/s1. The molecule has 0 aromatic carbocycles. The maximum Gasteiger partial charge on any atom is 0.0834 e. The zero-order chi connectivity index (χ0) is 16.4. The Balaban J connectivity index is 1.44. The van der Waals surface area contributed by atoms with Crippen molar-refractivity contribution in [3.05, 3.63) is 48.5 Å². The van der Waals surface area contributed by atoms with Crippen LogP contribution in [0.25, 0.3) is 5.69 Å². The molecular weight excluding hydrogens is 304 g/mol. The normalized spacial score (nSPS) is 26.0. The van der Waals surface area contributed by atoms with Crippen molar-refractivity contribution >= 4 is 0 Å². The van der Waals surface area contributed by atoms with Gasteiger partial charge in [0.15, 0.2) is 0 Å². The van der Waals surface area contributed by atoms with Crippen LogP contribution in [0.15, 0.2) is 42.9 Å². The molecule has 6 nitrogen and oxygen atoms in total. The highest BCUT2D eigenvalue weighted by Gasteiger charge is 2.36. The summed E-state index contributed by atoms with van der Waals surface area (Å²) in [6.07, 6.45) is 5.44. The Labute approximate surface area is 142 Å². The van der Waals surface area contributed by atoms with E-state index in [-0.39, 0.29) is 12.1 Å². The van der Waals surface area contributed by atoms with Gasteiger partial charge in [0.1, 0.15) is 0 Å². The molecule has 2 aliphatic rings. The van der Waals surface area contributed by atoms with Gasteiger partial charge in [0.25, 0.3) is 0 Å². The van der Waals surface area contributed by atoms with E-state index in [0.29, 0.717) is 0 Å². The van der Waals surface area contributed by atoms with E-state index in [2.05, 4.69) is 43.7 Å². The molecule has 4 heterocycles. The average molecular weight is 328 g/mol. The number of ether oxygens (including phenoxy) is 1. The molecule has 2 aliphatic heterocycles. The summed E-state index contributed by atoms with van der Waals surface area (Å²) in [6.45, 7) is 5.84. The third-order valence-electron chi connectivity index (χ3n) is 4.99. The first-order valence-corrected chi connectivity index (χ1v) is 8.60. The monoisotopic (exact) mass is 328 g/mol. The Hall–Kier alpha value is -1.73. The molecule has 0 unspecified atom stereocenters. The highest BCUT2D eigenvalue weighted by atomic mass is 16.5. The van der Waals surface area contributed by atoms with Crippen LogP contribution >= 0.6 is 0 Å². The van der Waals surface area contributed by atoms with Crippen LogP contribution < -0.4 is 0 Å². The van der Waals surface area contributed by atoms with Crippen molar-refractivity contribution in [2.75, 3.05) is 39.4 Å². The number of likely N-dealkylation sites (tertiary alicyclic amines) is 1. The number of nitrogens with zero attached hydrogens (tertiary/aromatic N) is 4. The number of hydrogen-bond acceptors (Lipinski definition) is 5. The number of pyridine rings is 1. The summed E-state index contributed by atoms with van der Waals surface area (Å²) in [6, 6.07) is 8.44. The second kappa shape index (κ2) is 7.03. The lowest BCUT2D eigenvalue weighted by molar-refractivity contribution is -0.00618. The number of β-amino-alcohol motifs (C(OH)–C–C–N with tert-alkyl or cyclic N) is 1. The van der Waals surface area contributed by atoms with Gasteiger partial charge in [-0.05, 0) is 24.3 Å². The van der Waals surface area contributed by atoms with E-state index < -0.39 is 0 Å². The Kier molecular flexibility index (Phi) is 4.62. The van der Waals surface area contributed by atoms with Gasteiger partial charge in [-0.15, -0.1) is 0 Å². The minimum Gasteiger partial charge on any atom is -0.390 e. The molecule has 24 heavy (non-hydrogen) atoms. The summed E-state index contributed by atoms with van der Waals surface area (Å²) in [5.41, 5.74) is 2.29. The van der Waals surface area contributed by atoms with Crippen LogP contribution in [0.2, 0.25) is 0 Å². The summed E-state index contributed by atoms with van der Waals surface area (Å²) in [7, 11) is 0. The second-order valence-corrected chi connectivity index (χ2v) is 6.56. The number of rotatable bonds is 4. The zero-order valence-corrected chi connectivity index (χ0v) is 13.8. The Morgan fingerprint density at radius 2 is 2.04 bits per heavy atom. The lowest BCUT2D eigenvalue weighted by Gasteiger charge is -2.33. The molecule has 0 saturated carbocycles. The van der Waals surface area contributed by atoms with Gasteiger partial charge >= 0.3 is 0 Å². The molecule has 2 saturated heterocycles. The predicted octanol–water partition coefficient (Wildman–Crippen LogP) is 0.750. The zero-order valence-electron chi connectivity index (χ0n) is 13.8. The third-order valence-corrected chi connectivity index (χ3v) is 4.99. The van der Waals surface area contributed by atoms with Crippen LogP contribution in [-0.2, 0) is 11.3 Å². The van der Waals surface area contributed by atoms with Crippen molar-refractivity contribution in [1.82, 2.24) is 19.4 Å². The van der Waals surface area contributed by atoms with Gasteiger partial charge in [-0.3, -0.25) is 14.8 Å². The molecule has 0 bridgehead atoms. The maximum atomic E-state index is 10.5. The maximum absolute atomic E-state index is 10.5. The summed E-state index contributed by atoms with van der Waals surface area (Å²) >= 11 is 0. The lowest BCUT2D eigenvalue weighted by Crippen LogP contribution is -2.48. The van der Waals surface area contributed by atoms with Crippen LogP contribution in [0, 0.1) is 0 Å². The first-order valence-electron chi connectivity index (χ1n) is 8.60. The predicted molar refractivity (Wildman–Crippen MR) is 91.0 cm³/mol. The van der Waals surface area contributed by atoms with Crippen LogP contribution in [-0.4, -0.2) is 76.0 Å². The van der Waals surface area contributed by atoms with Crippen molar-refractivity contribution < 1.29 is 9.84 Å². The molecule has 128 valence electrons. The SMILES string of the molecule is O[C@H]1CN(Cc2cccn2-c2cccnc2)C[C@@H]1N1CCOCC1. The van der Waals surface area contributed by atoms with Crippen molar-refractivity contribution in [1.29, 1.82) is 0 Å². The lowest BCUT2D eigenvalue weighted by atomic mass is 10.2. The van der Waals surface area contributed by atoms with Crippen LogP contribution in [0.4, 0.5) is 0 Å². The van der Waals surface area contributed by atoms with Crippen molar-refractivity contribution in [3.63, 3.8) is 0 Å². The molecule has 2 atom stereocenters. The number of aromatic nitrogens is 2. The molecule has 2 fully saturated rings. The second-order valence-electron chi connectivity index (χ2n) is 6.56. The minimum atomic E-state index is -0.287. The summed E-state index contributed by atoms with van der Waals surface area (Å²) in [4.78, 5) is 8.92. The smallest absolute Gasteiger partial charge is 0.0834 e. The van der Waals surface area contributed by atoms with E-state index in [1.165, 1.54) is 5.69 Å². The van der Waals surface area contributed by atoms with Gasteiger partial charge in [-0.2, -0.15) is 0 Å². The summed E-state index contributed by atoms with van der Waals surface area (Å²) < 4.78 is 7.59. The van der Waals surface area contributed by atoms with Crippen LogP contribution in [0.1, 0.15) is 5.69 Å². The Morgan fingerprint density at radius 3 is 2.83 bits per heavy atom. The average Bonchev–Trinajstić information content (AvgIpc) is 3.23. The van der Waals surface area contributed by atoms with Crippen molar-refractivity contribution in [2.24, 2.45) is 0 Å². The molecule has 0 spiro atoms. The van der Waals surface area contributed by atoms with Crippen LogP contribution in [0.5, 0.6) is 0 Å². The first kappa shape index (κ1) is 15.8. The molecule has 4 rings (SSSR count). The number of hydrogen-bond donors (Lipinski definition) is 1. The molecule has 0 aliphatic carbocycles. The van der Waals surface area contributed by atoms with E-state index in [1.807, 2.05) is 12.3 Å². The Morgan fingerprint density at radius 1 is 1.17 bits per heavy atom. The van der Waals surface area contributed by atoms with E-state index in [1.54, 1.807) is 6.20 Å². The molecule has 2 aromatic rings. The van der Waals surface area contributed by atoms with Gasteiger partial charge in [0.05, 0.1) is 31.2 Å². The topological polar surface area (TPSA) is 53.8 Å². The third kappa shape index (κ3) is 3.23. The molecule has 1 N–H and O–H groups in total. The number of aliphatic hydroxyl groups is 1. The number of morpholine rings is 1. The van der Waals surface area contributed by atoms with Crippen LogP contribution in [0.3, 0.4) is 0 Å². The fourth-order valence-electron chi connectivity index (χ4n) is 3.77. The van der Waals surface area contributed by atoms with Crippen molar-refractivity contribution in [3.8, 4) is 5.69 Å². The Bertz CT molecular complexity index is 654. The van der Waals surface area contributed by atoms with Gasteiger partial charge in [0, 0.05) is 56.9 Å². The van der Waals surface area contributed by atoms with Gasteiger partial charge in [-0.25, -0.2) is 0 Å². The number of aliphatic hydroxyl groups excluding tert-OH is 1. The fourth-order valence-corrected chi connectivity index (χ4v) is 3.77. The molecule has 0 amide bonds. The molecular formula is C18H24N4O2. The molecule has 0 radical (unpaired) electrons. The first-order chi connectivity index (χ1) is 11.8. The highest BCUT2D eigenvalue weighted by Crippen LogP contribution is 2.21. The van der Waals surface area contributed by atoms with E-state index in [4.69, 9.17) is 4.74 Å². The largest absolute Gasteiger partial charge is 0.390 e. The van der Waals surface area contributed by atoms with Gasteiger partial charge < -0.3 is 14.4 Å². The van der Waals surface area contributed by atoms with Crippen molar-refractivity contribution in [2.45, 2.75) is 18.7 Å².